The van der Waals surface area contributed by atoms with Crippen LogP contribution in [0.15, 0.2) is 72.8 Å². The van der Waals surface area contributed by atoms with Crippen molar-refractivity contribution in [1.82, 2.24) is 15.0 Å². The van der Waals surface area contributed by atoms with Crippen molar-refractivity contribution in [3.05, 3.63) is 72.8 Å². The average Bonchev–Trinajstić information content (AvgIpc) is 2.99. The first kappa shape index (κ1) is 12.6. The van der Waals surface area contributed by atoms with Crippen LogP contribution in [-0.2, 0) is 0 Å². The van der Waals surface area contributed by atoms with Crippen molar-refractivity contribution in [2.24, 2.45) is 0 Å². The highest BCUT2D eigenvalue weighted by atomic mass is 15.4. The Morgan fingerprint density at radius 1 is 0.818 bits per heavy atom. The van der Waals surface area contributed by atoms with E-state index in [4.69, 9.17) is 5.73 Å². The molecule has 0 spiro atoms. The minimum Gasteiger partial charge on any atom is -0.398 e. The number of rotatable bonds is 2. The number of para-hydroxylation sites is 2. The maximum atomic E-state index is 6.08. The minimum absolute atomic E-state index is 0.764. The van der Waals surface area contributed by atoms with Gasteiger partial charge in [0.1, 0.15) is 5.52 Å². The molecule has 0 radical (unpaired) electrons. The molecule has 0 amide bonds. The van der Waals surface area contributed by atoms with Gasteiger partial charge in [-0.15, -0.1) is 5.10 Å². The number of aromatic nitrogens is 3. The van der Waals surface area contributed by atoms with Crippen LogP contribution in [0.4, 0.5) is 5.69 Å². The van der Waals surface area contributed by atoms with E-state index in [-0.39, 0.29) is 0 Å². The molecule has 0 bridgehead atoms. The summed E-state index contributed by atoms with van der Waals surface area (Å²) in [4.78, 5) is 0. The van der Waals surface area contributed by atoms with Crippen LogP contribution < -0.4 is 5.73 Å². The van der Waals surface area contributed by atoms with Gasteiger partial charge in [-0.3, -0.25) is 0 Å². The van der Waals surface area contributed by atoms with Gasteiger partial charge in [0.15, 0.2) is 0 Å². The summed E-state index contributed by atoms with van der Waals surface area (Å²) in [5.41, 5.74) is 11.7. The largest absolute Gasteiger partial charge is 0.398 e. The molecular weight excluding hydrogens is 272 g/mol. The third-order valence-corrected chi connectivity index (χ3v) is 3.72. The van der Waals surface area contributed by atoms with Crippen LogP contribution in [-0.4, -0.2) is 15.0 Å². The Morgan fingerprint density at radius 3 is 2.41 bits per heavy atom. The molecule has 0 fully saturated rings. The third-order valence-electron chi connectivity index (χ3n) is 3.72. The van der Waals surface area contributed by atoms with E-state index in [1.807, 2.05) is 71.4 Å². The molecule has 106 valence electrons. The Morgan fingerprint density at radius 2 is 1.59 bits per heavy atom. The first-order valence-electron chi connectivity index (χ1n) is 7.09. The van der Waals surface area contributed by atoms with Gasteiger partial charge in [0, 0.05) is 11.3 Å². The number of benzene rings is 3. The fraction of sp³-hybridized carbons (Fsp3) is 0. The molecule has 0 saturated carbocycles. The van der Waals surface area contributed by atoms with E-state index in [1.54, 1.807) is 0 Å². The van der Waals surface area contributed by atoms with E-state index in [1.165, 1.54) is 0 Å². The summed E-state index contributed by atoms with van der Waals surface area (Å²) in [6, 6.07) is 23.9. The molecule has 0 aliphatic carbocycles. The van der Waals surface area contributed by atoms with E-state index in [2.05, 4.69) is 16.4 Å². The number of anilines is 1. The second kappa shape index (κ2) is 5.00. The Bertz CT molecular complexity index is 942. The van der Waals surface area contributed by atoms with Gasteiger partial charge in [-0.2, -0.15) is 0 Å². The Labute approximate surface area is 127 Å². The van der Waals surface area contributed by atoms with Gasteiger partial charge in [0.25, 0.3) is 0 Å². The van der Waals surface area contributed by atoms with Crippen molar-refractivity contribution in [3.63, 3.8) is 0 Å². The van der Waals surface area contributed by atoms with E-state index < -0.39 is 0 Å². The van der Waals surface area contributed by atoms with Gasteiger partial charge < -0.3 is 5.73 Å². The average molecular weight is 286 g/mol. The SMILES string of the molecule is Nc1ccccc1-c1ccc2nnn(-c3ccccc3)c2c1. The summed E-state index contributed by atoms with van der Waals surface area (Å²) in [6.45, 7) is 0. The van der Waals surface area contributed by atoms with Crippen LogP contribution >= 0.6 is 0 Å². The number of nitrogen functional groups attached to an aromatic ring is 1. The van der Waals surface area contributed by atoms with E-state index in [0.29, 0.717) is 0 Å². The molecule has 4 rings (SSSR count). The van der Waals surface area contributed by atoms with Crippen molar-refractivity contribution >= 4 is 16.7 Å². The molecule has 0 saturated heterocycles. The standard InChI is InChI=1S/C18H14N4/c19-16-9-5-4-8-15(16)13-10-11-17-18(12-13)22(21-20-17)14-6-2-1-3-7-14/h1-12H,19H2. The quantitative estimate of drug-likeness (QED) is 0.572. The van der Waals surface area contributed by atoms with E-state index in [9.17, 15) is 0 Å². The third kappa shape index (κ3) is 2.02. The zero-order valence-corrected chi connectivity index (χ0v) is 11.8. The maximum Gasteiger partial charge on any atom is 0.113 e. The molecule has 1 aromatic heterocycles. The zero-order valence-electron chi connectivity index (χ0n) is 11.8. The summed E-state index contributed by atoms with van der Waals surface area (Å²) in [5, 5.41) is 8.49. The van der Waals surface area contributed by atoms with Crippen LogP contribution in [0.2, 0.25) is 0 Å². The van der Waals surface area contributed by atoms with Gasteiger partial charge in [-0.1, -0.05) is 47.7 Å². The summed E-state index contributed by atoms with van der Waals surface area (Å²) < 4.78 is 1.85. The van der Waals surface area contributed by atoms with Gasteiger partial charge in [0.05, 0.1) is 11.2 Å². The van der Waals surface area contributed by atoms with Crippen LogP contribution in [0.5, 0.6) is 0 Å². The summed E-state index contributed by atoms with van der Waals surface area (Å²) in [6.07, 6.45) is 0. The molecule has 22 heavy (non-hydrogen) atoms. The van der Waals surface area contributed by atoms with Gasteiger partial charge in [-0.25, -0.2) is 4.68 Å². The molecule has 0 aliphatic heterocycles. The summed E-state index contributed by atoms with van der Waals surface area (Å²) >= 11 is 0. The van der Waals surface area contributed by atoms with Crippen LogP contribution in [0.25, 0.3) is 27.8 Å². The molecule has 0 aliphatic rings. The summed E-state index contributed by atoms with van der Waals surface area (Å²) in [5.74, 6) is 0. The number of fused-ring (bicyclic) bond motifs is 1. The number of nitrogens with zero attached hydrogens (tertiary/aromatic N) is 3. The van der Waals surface area contributed by atoms with E-state index >= 15 is 0 Å². The molecule has 2 N–H and O–H groups in total. The normalized spacial score (nSPS) is 10.9. The fourth-order valence-electron chi connectivity index (χ4n) is 2.61. The molecule has 0 atom stereocenters. The molecule has 4 aromatic rings. The van der Waals surface area contributed by atoms with Gasteiger partial charge in [0.2, 0.25) is 0 Å². The van der Waals surface area contributed by atoms with Gasteiger partial charge in [-0.05, 0) is 35.9 Å². The minimum atomic E-state index is 0.764. The fourth-order valence-corrected chi connectivity index (χ4v) is 2.61. The number of hydrogen-bond acceptors (Lipinski definition) is 3. The van der Waals surface area contributed by atoms with Crippen molar-refractivity contribution < 1.29 is 0 Å². The Hall–Kier alpha value is -3.14. The first-order valence-corrected chi connectivity index (χ1v) is 7.09. The lowest BCUT2D eigenvalue weighted by Gasteiger charge is -2.06. The van der Waals surface area contributed by atoms with Crippen molar-refractivity contribution in [1.29, 1.82) is 0 Å². The lowest BCUT2D eigenvalue weighted by molar-refractivity contribution is 0.824. The monoisotopic (exact) mass is 286 g/mol. The smallest absolute Gasteiger partial charge is 0.113 e. The van der Waals surface area contributed by atoms with E-state index in [0.717, 1.165) is 33.5 Å². The molecular formula is C18H14N4. The van der Waals surface area contributed by atoms with Gasteiger partial charge >= 0.3 is 0 Å². The van der Waals surface area contributed by atoms with Crippen molar-refractivity contribution in [3.8, 4) is 16.8 Å². The molecule has 0 unspecified atom stereocenters. The highest BCUT2D eigenvalue weighted by Gasteiger charge is 2.09. The predicted molar refractivity (Wildman–Crippen MR) is 88.7 cm³/mol. The topological polar surface area (TPSA) is 56.7 Å². The lowest BCUT2D eigenvalue weighted by Crippen LogP contribution is -1.96. The molecule has 4 nitrogen and oxygen atoms in total. The Balaban J connectivity index is 1.92. The highest BCUT2D eigenvalue weighted by molar-refractivity contribution is 5.86. The number of hydrogen-bond donors (Lipinski definition) is 1. The molecule has 3 aromatic carbocycles. The zero-order chi connectivity index (χ0) is 14.9. The van der Waals surface area contributed by atoms with Crippen molar-refractivity contribution in [2.45, 2.75) is 0 Å². The maximum absolute atomic E-state index is 6.08. The predicted octanol–water partition coefficient (Wildman–Crippen LogP) is 3.67. The lowest BCUT2D eigenvalue weighted by atomic mass is 10.0. The summed E-state index contributed by atoms with van der Waals surface area (Å²) in [7, 11) is 0. The van der Waals surface area contributed by atoms with Crippen LogP contribution in [0.1, 0.15) is 0 Å². The highest BCUT2D eigenvalue weighted by Crippen LogP contribution is 2.28. The first-order chi connectivity index (χ1) is 10.8. The second-order valence-corrected chi connectivity index (χ2v) is 5.13. The van der Waals surface area contributed by atoms with Crippen LogP contribution in [0, 0.1) is 0 Å². The van der Waals surface area contributed by atoms with Crippen LogP contribution in [0.3, 0.4) is 0 Å². The second-order valence-electron chi connectivity index (χ2n) is 5.13. The van der Waals surface area contributed by atoms with Crippen molar-refractivity contribution in [2.75, 3.05) is 5.73 Å². The molecule has 1 heterocycles. The Kier molecular flexibility index (Phi) is 2.86. The number of nitrogens with two attached hydrogens (primary N) is 1. The molecule has 4 heteroatoms.